The molecule has 0 bridgehead atoms. The number of nitrogens with one attached hydrogen (secondary N) is 2. The quantitative estimate of drug-likeness (QED) is 0.162. The van der Waals surface area contributed by atoms with Crippen molar-refractivity contribution >= 4 is 35.1 Å². The Morgan fingerprint density at radius 3 is 2.54 bits per heavy atom. The normalized spacial score (nSPS) is 17.8. The zero-order chi connectivity index (χ0) is 33.8. The average Bonchev–Trinajstić information content (AvgIpc) is 3.74. The third kappa shape index (κ3) is 7.27. The van der Waals surface area contributed by atoms with E-state index in [1.807, 2.05) is 54.6 Å². The van der Waals surface area contributed by atoms with Gasteiger partial charge in [0.05, 0.1) is 41.6 Å². The molecule has 2 fully saturated rings. The highest BCUT2D eigenvalue weighted by Gasteiger charge is 2.28. The van der Waals surface area contributed by atoms with Gasteiger partial charge in [0.15, 0.2) is 0 Å². The van der Waals surface area contributed by atoms with Crippen LogP contribution in [-0.2, 0) is 22.7 Å². The number of aliphatic carboxylic acids is 1. The molecule has 4 aromatic rings. The summed E-state index contributed by atoms with van der Waals surface area (Å²) < 4.78 is 11.4. The Bertz CT molecular complexity index is 1840. The number of carbonyl (C=O) groups is 2. The number of amides is 1. The van der Waals surface area contributed by atoms with Crippen LogP contribution >= 0.6 is 23.2 Å². The number of hydrogen-bond donors (Lipinski definition) is 3. The van der Waals surface area contributed by atoms with Crippen LogP contribution in [-0.4, -0.2) is 71.7 Å². The first-order valence-corrected chi connectivity index (χ1v) is 16.6. The van der Waals surface area contributed by atoms with Crippen LogP contribution in [0, 0.1) is 5.92 Å². The van der Waals surface area contributed by atoms with Crippen molar-refractivity contribution < 1.29 is 24.2 Å². The molecule has 0 aliphatic carbocycles. The molecule has 12 heteroatoms. The first kappa shape index (κ1) is 33.7. The summed E-state index contributed by atoms with van der Waals surface area (Å²) in [6, 6.07) is 17.4. The number of benzene rings is 2. The number of likely N-dealkylation sites (tertiary alicyclic amines) is 1. The lowest BCUT2D eigenvalue weighted by Crippen LogP contribution is -2.35. The number of pyridine rings is 2. The number of ether oxygens (including phenoxy) is 2. The van der Waals surface area contributed by atoms with E-state index < -0.39 is 5.97 Å². The lowest BCUT2D eigenvalue weighted by molar-refractivity contribution is -0.141. The minimum absolute atomic E-state index is 0.0934. The number of nitrogens with zero attached hydrogens (tertiary/aromatic N) is 3. The summed E-state index contributed by atoms with van der Waals surface area (Å²) in [5.41, 5.74) is 6.07. The molecule has 4 heterocycles. The molecule has 10 nitrogen and oxygen atoms in total. The zero-order valence-corrected chi connectivity index (χ0v) is 28.3. The lowest BCUT2D eigenvalue weighted by atomic mass is 9.99. The summed E-state index contributed by atoms with van der Waals surface area (Å²) >= 11 is 14.1. The van der Waals surface area contributed by atoms with Gasteiger partial charge in [-0.05, 0) is 37.6 Å². The molecular weight excluding hydrogens is 653 g/mol. The number of halogens is 2. The highest BCUT2D eigenvalue weighted by atomic mass is 35.5. The summed E-state index contributed by atoms with van der Waals surface area (Å²) in [5.74, 6) is 0.167. The number of carbonyl (C=O) groups excluding carboxylic acids is 1. The maximum Gasteiger partial charge on any atom is 0.307 e. The van der Waals surface area contributed by atoms with Crippen molar-refractivity contribution in [3.05, 3.63) is 82.0 Å². The van der Waals surface area contributed by atoms with Crippen LogP contribution in [0.1, 0.15) is 30.4 Å². The molecule has 0 unspecified atom stereocenters. The highest BCUT2D eigenvalue weighted by Crippen LogP contribution is 2.42. The number of methoxy groups -OCH3 is 2. The van der Waals surface area contributed by atoms with E-state index >= 15 is 0 Å². The Labute approximate surface area is 289 Å². The fourth-order valence-electron chi connectivity index (χ4n) is 6.37. The van der Waals surface area contributed by atoms with Crippen LogP contribution in [0.5, 0.6) is 11.6 Å². The molecule has 2 atom stereocenters. The van der Waals surface area contributed by atoms with Crippen LogP contribution in [0.3, 0.4) is 0 Å². The van der Waals surface area contributed by atoms with E-state index in [0.717, 1.165) is 46.3 Å². The van der Waals surface area contributed by atoms with Gasteiger partial charge in [0.1, 0.15) is 5.75 Å². The Hall–Kier alpha value is -4.22. The van der Waals surface area contributed by atoms with Gasteiger partial charge in [0.25, 0.3) is 0 Å². The fourth-order valence-corrected chi connectivity index (χ4v) is 7.02. The van der Waals surface area contributed by atoms with Crippen molar-refractivity contribution in [2.24, 2.45) is 5.92 Å². The predicted octanol–water partition coefficient (Wildman–Crippen LogP) is 6.08. The molecule has 250 valence electrons. The summed E-state index contributed by atoms with van der Waals surface area (Å²) in [4.78, 5) is 34.4. The molecule has 0 radical (unpaired) electrons. The molecule has 2 aliphatic rings. The SMILES string of the molecule is COc1cc(-c2nccc(-c3cccc(-c4ccc(CNC[C@H]5CCC(=O)N5)c(OC)n4)c3Cl)c2Cl)ccc1CN1CC[C@@H](C(=O)O)C1. The van der Waals surface area contributed by atoms with Crippen LogP contribution in [0.2, 0.25) is 10.0 Å². The maximum absolute atomic E-state index is 11.5. The van der Waals surface area contributed by atoms with Gasteiger partial charge in [-0.15, -0.1) is 0 Å². The first-order chi connectivity index (χ1) is 23.2. The van der Waals surface area contributed by atoms with Crippen LogP contribution in [0.15, 0.2) is 60.8 Å². The second kappa shape index (κ2) is 14.9. The fraction of sp³-hybridized carbons (Fsp3) is 0.333. The maximum atomic E-state index is 11.5. The number of carboxylic acid groups (broad SMARTS) is 1. The topological polar surface area (TPSA) is 126 Å². The van der Waals surface area contributed by atoms with E-state index in [2.05, 4.69) is 20.5 Å². The van der Waals surface area contributed by atoms with E-state index in [4.69, 9.17) is 37.7 Å². The lowest BCUT2D eigenvalue weighted by Gasteiger charge is -2.18. The van der Waals surface area contributed by atoms with Gasteiger partial charge in [-0.25, -0.2) is 4.98 Å². The molecule has 2 aliphatic heterocycles. The number of carboxylic acids is 1. The van der Waals surface area contributed by atoms with Crippen LogP contribution in [0.4, 0.5) is 0 Å². The summed E-state index contributed by atoms with van der Waals surface area (Å²) in [6.45, 7) is 3.04. The number of aromatic nitrogens is 2. The van der Waals surface area contributed by atoms with Crippen molar-refractivity contribution in [2.45, 2.75) is 38.4 Å². The van der Waals surface area contributed by atoms with Crippen molar-refractivity contribution in [1.29, 1.82) is 0 Å². The molecule has 0 saturated carbocycles. The van der Waals surface area contributed by atoms with Gasteiger partial charge in [0.2, 0.25) is 11.8 Å². The molecule has 48 heavy (non-hydrogen) atoms. The van der Waals surface area contributed by atoms with Crippen molar-refractivity contribution in [3.63, 3.8) is 0 Å². The second-order valence-corrected chi connectivity index (χ2v) is 12.8. The van der Waals surface area contributed by atoms with Crippen molar-refractivity contribution in [2.75, 3.05) is 33.9 Å². The summed E-state index contributed by atoms with van der Waals surface area (Å²) in [7, 11) is 3.21. The van der Waals surface area contributed by atoms with E-state index in [0.29, 0.717) is 72.1 Å². The van der Waals surface area contributed by atoms with Gasteiger partial charge >= 0.3 is 5.97 Å². The summed E-state index contributed by atoms with van der Waals surface area (Å²) in [6.07, 6.45) is 3.74. The molecule has 2 aromatic heterocycles. The zero-order valence-electron chi connectivity index (χ0n) is 26.8. The molecule has 2 aromatic carbocycles. The molecule has 6 rings (SSSR count). The van der Waals surface area contributed by atoms with E-state index in [1.165, 1.54) is 0 Å². The third-order valence-electron chi connectivity index (χ3n) is 8.95. The highest BCUT2D eigenvalue weighted by molar-refractivity contribution is 6.39. The van der Waals surface area contributed by atoms with Crippen molar-refractivity contribution in [3.8, 4) is 45.3 Å². The van der Waals surface area contributed by atoms with Gasteiger partial charge in [0, 0.05) is 78.2 Å². The van der Waals surface area contributed by atoms with E-state index in [-0.39, 0.29) is 17.9 Å². The van der Waals surface area contributed by atoms with Gasteiger partial charge in [-0.2, -0.15) is 0 Å². The number of hydrogen-bond acceptors (Lipinski definition) is 8. The standard InChI is InChI=1S/C36H37Cl2N5O5/c1-47-30-16-21(6-7-23(30)19-43-15-13-24(20-43)36(45)46)34-33(38)27(12-14-40-34)26-4-3-5-28(32(26)37)29-10-8-22(35(42-29)48-2)17-39-18-25-9-11-31(44)41-25/h3-8,10,12,14,16,24-25,39H,9,11,13,15,17-20H2,1-2H3,(H,41,44)(H,45,46)/t24-,25-/m1/s1. The van der Waals surface area contributed by atoms with Crippen LogP contribution < -0.4 is 20.1 Å². The first-order valence-electron chi connectivity index (χ1n) is 15.9. The predicted molar refractivity (Wildman–Crippen MR) is 185 cm³/mol. The minimum atomic E-state index is -0.753. The average molecular weight is 691 g/mol. The Kier molecular flexibility index (Phi) is 10.5. The molecule has 1 amide bonds. The molecule has 3 N–H and O–H groups in total. The smallest absolute Gasteiger partial charge is 0.307 e. The Balaban J connectivity index is 1.23. The van der Waals surface area contributed by atoms with Gasteiger partial charge in [-0.1, -0.05) is 59.6 Å². The second-order valence-electron chi connectivity index (χ2n) is 12.1. The Morgan fingerprint density at radius 1 is 1.02 bits per heavy atom. The largest absolute Gasteiger partial charge is 0.496 e. The van der Waals surface area contributed by atoms with E-state index in [9.17, 15) is 14.7 Å². The third-order valence-corrected chi connectivity index (χ3v) is 9.74. The monoisotopic (exact) mass is 689 g/mol. The molecule has 0 spiro atoms. The van der Waals surface area contributed by atoms with Crippen molar-refractivity contribution in [1.82, 2.24) is 25.5 Å². The summed E-state index contributed by atoms with van der Waals surface area (Å²) in [5, 5.41) is 16.7. The molecular formula is C36H37Cl2N5O5. The number of rotatable bonds is 12. The molecule has 2 saturated heterocycles. The minimum Gasteiger partial charge on any atom is -0.496 e. The van der Waals surface area contributed by atoms with Gasteiger partial charge < -0.3 is 25.2 Å². The van der Waals surface area contributed by atoms with Crippen LogP contribution in [0.25, 0.3) is 33.6 Å². The van der Waals surface area contributed by atoms with Gasteiger partial charge in [-0.3, -0.25) is 19.5 Å². The Morgan fingerprint density at radius 2 is 1.81 bits per heavy atom. The van der Waals surface area contributed by atoms with E-state index in [1.54, 1.807) is 20.4 Å².